The summed E-state index contributed by atoms with van der Waals surface area (Å²) < 4.78 is 0. The Morgan fingerprint density at radius 3 is 2.24 bits per heavy atom. The number of carbonyl (C=O) groups excluding carboxylic acids is 1. The van der Waals surface area contributed by atoms with Gasteiger partial charge in [-0.3, -0.25) is 4.79 Å². The molecule has 1 rings (SSSR count). The molecule has 0 saturated heterocycles. The van der Waals surface area contributed by atoms with Crippen LogP contribution >= 0.6 is 24.2 Å². The van der Waals surface area contributed by atoms with Gasteiger partial charge in [0, 0.05) is 10.6 Å². The second-order valence-electron chi connectivity index (χ2n) is 3.99. The fourth-order valence-corrected chi connectivity index (χ4v) is 1.61. The van der Waals surface area contributed by atoms with E-state index < -0.39 is 6.04 Å². The minimum absolute atomic E-state index is 0. The van der Waals surface area contributed by atoms with E-state index in [-0.39, 0.29) is 24.2 Å². The Labute approximate surface area is 113 Å². The van der Waals surface area contributed by atoms with Crippen molar-refractivity contribution in [3.8, 4) is 0 Å². The van der Waals surface area contributed by atoms with Gasteiger partial charge >= 0.3 is 0 Å². The zero-order chi connectivity index (χ0) is 12.1. The van der Waals surface area contributed by atoms with Gasteiger partial charge in [0.05, 0.1) is 6.04 Å². The SMILES string of the molecule is CSc1ccc(NC(=O)C(N)C(C)C)cc1.Cl. The molecule has 0 aliphatic rings. The normalized spacial score (nSPS) is 11.8. The van der Waals surface area contributed by atoms with Gasteiger partial charge in [0.15, 0.2) is 0 Å². The zero-order valence-electron chi connectivity index (χ0n) is 10.3. The van der Waals surface area contributed by atoms with Gasteiger partial charge in [-0.15, -0.1) is 24.2 Å². The van der Waals surface area contributed by atoms with Gasteiger partial charge in [0.25, 0.3) is 0 Å². The van der Waals surface area contributed by atoms with E-state index in [1.165, 1.54) is 4.90 Å². The van der Waals surface area contributed by atoms with Crippen LogP contribution in [0.1, 0.15) is 13.8 Å². The lowest BCUT2D eigenvalue weighted by atomic mass is 10.1. The third-order valence-corrected chi connectivity index (χ3v) is 3.12. The number of thioether (sulfide) groups is 1. The van der Waals surface area contributed by atoms with Crippen molar-refractivity contribution in [3.05, 3.63) is 24.3 Å². The zero-order valence-corrected chi connectivity index (χ0v) is 11.9. The minimum atomic E-state index is -0.458. The topological polar surface area (TPSA) is 55.1 Å². The van der Waals surface area contributed by atoms with E-state index in [0.717, 1.165) is 5.69 Å². The second-order valence-corrected chi connectivity index (χ2v) is 4.87. The van der Waals surface area contributed by atoms with E-state index in [1.807, 2.05) is 44.4 Å². The van der Waals surface area contributed by atoms with Crippen molar-refractivity contribution in [2.45, 2.75) is 24.8 Å². The molecule has 0 radical (unpaired) electrons. The first-order valence-electron chi connectivity index (χ1n) is 5.25. The van der Waals surface area contributed by atoms with Crippen molar-refractivity contribution < 1.29 is 4.79 Å². The van der Waals surface area contributed by atoms with Crippen LogP contribution in [0.5, 0.6) is 0 Å². The number of rotatable bonds is 4. The maximum atomic E-state index is 11.7. The third-order valence-electron chi connectivity index (χ3n) is 2.38. The van der Waals surface area contributed by atoms with E-state index in [4.69, 9.17) is 5.73 Å². The molecule has 0 fully saturated rings. The molecule has 1 atom stereocenters. The lowest BCUT2D eigenvalue weighted by Crippen LogP contribution is -2.39. The van der Waals surface area contributed by atoms with Crippen LogP contribution < -0.4 is 11.1 Å². The van der Waals surface area contributed by atoms with Crippen LogP contribution in [0.25, 0.3) is 0 Å². The monoisotopic (exact) mass is 274 g/mol. The molecule has 0 aliphatic carbocycles. The summed E-state index contributed by atoms with van der Waals surface area (Å²) in [5.74, 6) is 0.0115. The molecule has 0 aliphatic heterocycles. The number of carbonyl (C=O) groups is 1. The van der Waals surface area contributed by atoms with Gasteiger partial charge in [-0.05, 0) is 36.4 Å². The highest BCUT2D eigenvalue weighted by Crippen LogP contribution is 2.17. The molecular weight excluding hydrogens is 256 g/mol. The second kappa shape index (κ2) is 7.58. The van der Waals surface area contributed by atoms with Crippen molar-refractivity contribution >= 4 is 35.8 Å². The van der Waals surface area contributed by atoms with E-state index >= 15 is 0 Å². The summed E-state index contributed by atoms with van der Waals surface area (Å²) in [4.78, 5) is 12.8. The Bertz CT molecular complexity index is 354. The maximum Gasteiger partial charge on any atom is 0.241 e. The van der Waals surface area contributed by atoms with Crippen LogP contribution in [0, 0.1) is 5.92 Å². The summed E-state index contributed by atoms with van der Waals surface area (Å²) >= 11 is 1.67. The maximum absolute atomic E-state index is 11.7. The number of nitrogens with one attached hydrogen (secondary N) is 1. The van der Waals surface area contributed by atoms with Crippen LogP contribution in [0.4, 0.5) is 5.69 Å². The predicted molar refractivity (Wildman–Crippen MR) is 76.9 cm³/mol. The fourth-order valence-electron chi connectivity index (χ4n) is 1.20. The number of amides is 1. The van der Waals surface area contributed by atoms with Gasteiger partial charge in [-0.2, -0.15) is 0 Å². The lowest BCUT2D eigenvalue weighted by molar-refractivity contribution is -0.118. The van der Waals surface area contributed by atoms with Crippen LogP contribution in [0.15, 0.2) is 29.2 Å². The Kier molecular flexibility index (Phi) is 7.27. The molecule has 1 aromatic carbocycles. The van der Waals surface area contributed by atoms with Crippen LogP contribution in [-0.2, 0) is 4.79 Å². The first-order chi connectivity index (χ1) is 7.54. The summed E-state index contributed by atoms with van der Waals surface area (Å²) in [6, 6.07) is 7.26. The number of benzene rings is 1. The third kappa shape index (κ3) is 4.98. The first kappa shape index (κ1) is 16.3. The molecule has 0 spiro atoms. The van der Waals surface area contributed by atoms with Crippen LogP contribution in [0.2, 0.25) is 0 Å². The van der Waals surface area contributed by atoms with E-state index in [1.54, 1.807) is 11.8 Å². The smallest absolute Gasteiger partial charge is 0.241 e. The Morgan fingerprint density at radius 2 is 1.82 bits per heavy atom. The summed E-state index contributed by atoms with van der Waals surface area (Å²) in [6.45, 7) is 3.86. The number of halogens is 1. The van der Waals surface area contributed by atoms with Crippen LogP contribution in [-0.4, -0.2) is 18.2 Å². The average molecular weight is 275 g/mol. The average Bonchev–Trinajstić information content (AvgIpc) is 2.28. The van der Waals surface area contributed by atoms with Gasteiger partial charge < -0.3 is 11.1 Å². The standard InChI is InChI=1S/C12H18N2OS.ClH/c1-8(2)11(13)12(15)14-9-4-6-10(16-3)7-5-9;/h4-8,11H,13H2,1-3H3,(H,14,15);1H. The van der Waals surface area contributed by atoms with Gasteiger partial charge in [0.1, 0.15) is 0 Å². The molecule has 17 heavy (non-hydrogen) atoms. The molecule has 1 unspecified atom stereocenters. The fraction of sp³-hybridized carbons (Fsp3) is 0.417. The Morgan fingerprint density at radius 1 is 1.29 bits per heavy atom. The quantitative estimate of drug-likeness (QED) is 0.830. The summed E-state index contributed by atoms with van der Waals surface area (Å²) in [7, 11) is 0. The van der Waals surface area contributed by atoms with E-state index in [0.29, 0.717) is 0 Å². The molecule has 0 aromatic heterocycles. The molecule has 96 valence electrons. The summed E-state index contributed by atoms with van der Waals surface area (Å²) in [6.07, 6.45) is 2.02. The van der Waals surface area contributed by atoms with Gasteiger partial charge in [0.2, 0.25) is 5.91 Å². The predicted octanol–water partition coefficient (Wildman–Crippen LogP) is 2.75. The number of hydrogen-bond acceptors (Lipinski definition) is 3. The van der Waals surface area contributed by atoms with Gasteiger partial charge in [-0.25, -0.2) is 0 Å². The van der Waals surface area contributed by atoms with Crippen LogP contribution in [0.3, 0.4) is 0 Å². The van der Waals surface area contributed by atoms with Crippen molar-refractivity contribution in [2.75, 3.05) is 11.6 Å². The van der Waals surface area contributed by atoms with Crippen molar-refractivity contribution in [1.82, 2.24) is 0 Å². The summed E-state index contributed by atoms with van der Waals surface area (Å²) in [5.41, 5.74) is 6.54. The number of nitrogens with two attached hydrogens (primary N) is 1. The lowest BCUT2D eigenvalue weighted by Gasteiger charge is -2.15. The van der Waals surface area contributed by atoms with E-state index in [2.05, 4.69) is 5.32 Å². The Hall–Kier alpha value is -0.710. The van der Waals surface area contributed by atoms with E-state index in [9.17, 15) is 4.79 Å². The molecule has 3 nitrogen and oxygen atoms in total. The molecule has 1 amide bonds. The highest BCUT2D eigenvalue weighted by Gasteiger charge is 2.16. The molecule has 1 aromatic rings. The Balaban J connectivity index is 0.00000256. The molecule has 0 bridgehead atoms. The number of anilines is 1. The molecule has 0 heterocycles. The molecular formula is C12H19ClN2OS. The highest BCUT2D eigenvalue weighted by atomic mass is 35.5. The largest absolute Gasteiger partial charge is 0.325 e. The molecule has 0 saturated carbocycles. The van der Waals surface area contributed by atoms with Crippen molar-refractivity contribution in [1.29, 1.82) is 0 Å². The molecule has 5 heteroatoms. The van der Waals surface area contributed by atoms with Gasteiger partial charge in [-0.1, -0.05) is 13.8 Å². The highest BCUT2D eigenvalue weighted by molar-refractivity contribution is 7.98. The minimum Gasteiger partial charge on any atom is -0.325 e. The number of hydrogen-bond donors (Lipinski definition) is 2. The summed E-state index contributed by atoms with van der Waals surface area (Å²) in [5, 5.41) is 2.80. The van der Waals surface area contributed by atoms with Crippen molar-refractivity contribution in [2.24, 2.45) is 11.7 Å². The first-order valence-corrected chi connectivity index (χ1v) is 6.47. The van der Waals surface area contributed by atoms with Crippen molar-refractivity contribution in [3.63, 3.8) is 0 Å². The molecule has 3 N–H and O–H groups in total.